The smallest absolute Gasteiger partial charge is 0.254 e. The van der Waals surface area contributed by atoms with Crippen LogP contribution in [0.3, 0.4) is 0 Å². The van der Waals surface area contributed by atoms with E-state index in [1.807, 2.05) is 31.2 Å². The summed E-state index contributed by atoms with van der Waals surface area (Å²) in [5, 5.41) is 1.49. The summed E-state index contributed by atoms with van der Waals surface area (Å²) < 4.78 is 0. The lowest BCUT2D eigenvalue weighted by molar-refractivity contribution is 0.0778. The molecule has 5 rings (SSSR count). The standard InChI is InChI=1S/C20H21ClN2O/c1-11-7-15(14-3-2-4-18(21)19(14)22-11)20(24)23-9-16-12-5-6-13(8-12)17(16)10-23/h2-4,7,12-13,16-17H,5-6,8-10H2,1H3/t12-,13+,16-,17+. The molecule has 0 spiro atoms. The van der Waals surface area contributed by atoms with Crippen molar-refractivity contribution in [3.8, 4) is 0 Å². The molecule has 1 amide bonds. The van der Waals surface area contributed by atoms with Crippen LogP contribution in [-0.2, 0) is 0 Å². The quantitative estimate of drug-likeness (QED) is 0.774. The van der Waals surface area contributed by atoms with Gasteiger partial charge in [-0.3, -0.25) is 9.78 Å². The van der Waals surface area contributed by atoms with Crippen molar-refractivity contribution in [1.29, 1.82) is 0 Å². The number of nitrogens with zero attached hydrogens (tertiary/aromatic N) is 2. The SMILES string of the molecule is Cc1cc(C(=O)N2C[C@@H]3[C@@H]4CC[C@@H](C4)[C@@H]3C2)c2cccc(Cl)c2n1. The highest BCUT2D eigenvalue weighted by molar-refractivity contribution is 6.35. The molecule has 2 aromatic rings. The van der Waals surface area contributed by atoms with Gasteiger partial charge in [0.1, 0.15) is 0 Å². The largest absolute Gasteiger partial charge is 0.338 e. The van der Waals surface area contributed by atoms with Gasteiger partial charge in [0.15, 0.2) is 0 Å². The van der Waals surface area contributed by atoms with E-state index >= 15 is 0 Å². The Bertz CT molecular complexity index is 831. The first-order valence-corrected chi connectivity index (χ1v) is 9.35. The molecule has 124 valence electrons. The van der Waals surface area contributed by atoms with Gasteiger partial charge in [0, 0.05) is 24.2 Å². The zero-order valence-corrected chi connectivity index (χ0v) is 14.6. The number of pyridine rings is 1. The Morgan fingerprint density at radius 3 is 2.62 bits per heavy atom. The normalized spacial score (nSPS) is 31.0. The Morgan fingerprint density at radius 1 is 1.21 bits per heavy atom. The molecule has 1 aliphatic heterocycles. The second-order valence-electron chi connectivity index (χ2n) is 7.82. The summed E-state index contributed by atoms with van der Waals surface area (Å²) in [4.78, 5) is 19.9. The molecule has 1 aromatic heterocycles. The second kappa shape index (κ2) is 5.19. The highest BCUT2D eigenvalue weighted by atomic mass is 35.5. The maximum Gasteiger partial charge on any atom is 0.254 e. The minimum absolute atomic E-state index is 0.154. The van der Waals surface area contributed by atoms with E-state index in [2.05, 4.69) is 9.88 Å². The summed E-state index contributed by atoms with van der Waals surface area (Å²) in [5.41, 5.74) is 2.34. The van der Waals surface area contributed by atoms with Crippen LogP contribution < -0.4 is 0 Å². The molecule has 0 N–H and O–H groups in total. The van der Waals surface area contributed by atoms with Crippen molar-refractivity contribution in [3.63, 3.8) is 0 Å². The molecule has 0 radical (unpaired) electrons. The summed E-state index contributed by atoms with van der Waals surface area (Å²) in [6, 6.07) is 7.62. The number of aryl methyl sites for hydroxylation is 1. The van der Waals surface area contributed by atoms with Crippen LogP contribution in [0.1, 0.15) is 35.3 Å². The molecule has 24 heavy (non-hydrogen) atoms. The number of likely N-dealkylation sites (tertiary alicyclic amines) is 1. The number of carbonyl (C=O) groups excluding carboxylic acids is 1. The van der Waals surface area contributed by atoms with Gasteiger partial charge in [-0.05, 0) is 62.0 Å². The minimum Gasteiger partial charge on any atom is -0.338 e. The van der Waals surface area contributed by atoms with Crippen LogP contribution in [0, 0.1) is 30.6 Å². The maximum absolute atomic E-state index is 13.2. The van der Waals surface area contributed by atoms with Gasteiger partial charge in [-0.2, -0.15) is 0 Å². The van der Waals surface area contributed by atoms with Crippen molar-refractivity contribution in [2.75, 3.05) is 13.1 Å². The lowest BCUT2D eigenvalue weighted by Gasteiger charge is -2.22. The van der Waals surface area contributed by atoms with Crippen LogP contribution in [0.4, 0.5) is 0 Å². The number of hydrogen-bond donors (Lipinski definition) is 0. The van der Waals surface area contributed by atoms with Crippen molar-refractivity contribution in [3.05, 3.63) is 40.5 Å². The Labute approximate surface area is 147 Å². The fourth-order valence-corrected chi connectivity index (χ4v) is 5.75. The van der Waals surface area contributed by atoms with Crippen LogP contribution in [0.2, 0.25) is 5.02 Å². The van der Waals surface area contributed by atoms with Crippen LogP contribution in [0.15, 0.2) is 24.3 Å². The molecule has 3 aliphatic rings. The fraction of sp³-hybridized carbons (Fsp3) is 0.500. The van der Waals surface area contributed by atoms with E-state index in [1.54, 1.807) is 0 Å². The monoisotopic (exact) mass is 340 g/mol. The molecule has 2 aliphatic carbocycles. The van der Waals surface area contributed by atoms with Crippen LogP contribution >= 0.6 is 11.6 Å². The van der Waals surface area contributed by atoms with E-state index in [4.69, 9.17) is 11.6 Å². The van der Waals surface area contributed by atoms with Crippen LogP contribution in [0.5, 0.6) is 0 Å². The average molecular weight is 341 g/mol. The first-order valence-electron chi connectivity index (χ1n) is 8.97. The molecule has 2 heterocycles. The van der Waals surface area contributed by atoms with Gasteiger partial charge in [-0.15, -0.1) is 0 Å². The molecule has 0 unspecified atom stereocenters. The zero-order valence-electron chi connectivity index (χ0n) is 13.8. The lowest BCUT2D eigenvalue weighted by atomic mass is 9.82. The third-order valence-corrected chi connectivity index (χ3v) is 6.88. The summed E-state index contributed by atoms with van der Waals surface area (Å²) >= 11 is 6.30. The maximum atomic E-state index is 13.2. The minimum atomic E-state index is 0.154. The van der Waals surface area contributed by atoms with Crippen molar-refractivity contribution in [2.24, 2.45) is 23.7 Å². The van der Waals surface area contributed by atoms with Crippen molar-refractivity contribution < 1.29 is 4.79 Å². The van der Waals surface area contributed by atoms with Crippen molar-refractivity contribution in [2.45, 2.75) is 26.2 Å². The van der Waals surface area contributed by atoms with Gasteiger partial charge in [-0.1, -0.05) is 23.7 Å². The van der Waals surface area contributed by atoms with E-state index < -0.39 is 0 Å². The topological polar surface area (TPSA) is 33.2 Å². The molecule has 1 aromatic carbocycles. The Kier molecular flexibility index (Phi) is 3.18. The first kappa shape index (κ1) is 14.7. The van der Waals surface area contributed by atoms with Gasteiger partial charge < -0.3 is 4.90 Å². The molecule has 3 nitrogen and oxygen atoms in total. The first-order chi connectivity index (χ1) is 11.6. The number of aromatic nitrogens is 1. The summed E-state index contributed by atoms with van der Waals surface area (Å²) in [6.45, 7) is 3.81. The molecular weight excluding hydrogens is 320 g/mol. The Morgan fingerprint density at radius 2 is 1.92 bits per heavy atom. The third-order valence-electron chi connectivity index (χ3n) is 6.57. The lowest BCUT2D eigenvalue weighted by Crippen LogP contribution is -2.30. The van der Waals surface area contributed by atoms with E-state index in [0.29, 0.717) is 5.02 Å². The average Bonchev–Trinajstić information content (AvgIpc) is 3.27. The van der Waals surface area contributed by atoms with E-state index in [1.165, 1.54) is 19.3 Å². The van der Waals surface area contributed by atoms with Gasteiger partial charge in [0.05, 0.1) is 16.1 Å². The number of halogens is 1. The Hall–Kier alpha value is -1.61. The number of benzene rings is 1. The fourth-order valence-electron chi connectivity index (χ4n) is 5.54. The van der Waals surface area contributed by atoms with E-state index in [9.17, 15) is 4.79 Å². The number of hydrogen-bond acceptors (Lipinski definition) is 2. The second-order valence-corrected chi connectivity index (χ2v) is 8.23. The highest BCUT2D eigenvalue weighted by Gasteiger charge is 2.52. The molecular formula is C20H21ClN2O. The zero-order chi connectivity index (χ0) is 16.4. The number of rotatable bonds is 1. The van der Waals surface area contributed by atoms with Gasteiger partial charge >= 0.3 is 0 Å². The molecule has 2 saturated carbocycles. The summed E-state index contributed by atoms with van der Waals surface area (Å²) in [6.07, 6.45) is 4.16. The third kappa shape index (κ3) is 2.03. The Balaban J connectivity index is 1.52. The molecule has 4 heteroatoms. The van der Waals surface area contributed by atoms with E-state index in [-0.39, 0.29) is 5.91 Å². The van der Waals surface area contributed by atoms with Gasteiger partial charge in [0.2, 0.25) is 0 Å². The summed E-state index contributed by atoms with van der Waals surface area (Å²) in [5.74, 6) is 3.36. The predicted molar refractivity (Wildman–Crippen MR) is 95.2 cm³/mol. The molecule has 3 fully saturated rings. The van der Waals surface area contributed by atoms with E-state index in [0.717, 1.165) is 58.9 Å². The van der Waals surface area contributed by atoms with Gasteiger partial charge in [-0.25, -0.2) is 0 Å². The molecule has 2 bridgehead atoms. The number of carbonyl (C=O) groups is 1. The van der Waals surface area contributed by atoms with Gasteiger partial charge in [0.25, 0.3) is 5.91 Å². The molecule has 1 saturated heterocycles. The number of fused-ring (bicyclic) bond motifs is 6. The molecule has 4 atom stereocenters. The van der Waals surface area contributed by atoms with Crippen molar-refractivity contribution >= 4 is 28.4 Å². The van der Waals surface area contributed by atoms with Crippen molar-refractivity contribution in [1.82, 2.24) is 9.88 Å². The van der Waals surface area contributed by atoms with Crippen LogP contribution in [0.25, 0.3) is 10.9 Å². The predicted octanol–water partition coefficient (Wildman–Crippen LogP) is 4.31. The number of para-hydroxylation sites is 1. The summed E-state index contributed by atoms with van der Waals surface area (Å²) in [7, 11) is 0. The van der Waals surface area contributed by atoms with Crippen LogP contribution in [-0.4, -0.2) is 28.9 Å². The highest BCUT2D eigenvalue weighted by Crippen LogP contribution is 2.55. The number of amides is 1.